The van der Waals surface area contributed by atoms with Crippen LogP contribution in [0.1, 0.15) is 81.9 Å². The molecule has 3 aliphatic rings. The standard InChI is InChI=1S/C26H32ClN5O4/c1-15(19-8-6-17(13-20(19)27)32-11-3-4-23(32)33)24(34)28-22-14-21(30-31-22)16-5-7-18(12-16)36-25(35)29-26(2)9-10-26/h6,8,13-16,18H,3-5,7,9-12H2,1-2H3,(H,29,35)(H2,28,30,31,34)/t15?,16-,18+/m0/s1. The highest BCUT2D eigenvalue weighted by atomic mass is 35.5. The first-order chi connectivity index (χ1) is 17.2. The highest BCUT2D eigenvalue weighted by molar-refractivity contribution is 6.32. The van der Waals surface area contributed by atoms with Gasteiger partial charge in [-0.2, -0.15) is 5.10 Å². The second-order valence-electron chi connectivity index (χ2n) is 10.5. The topological polar surface area (TPSA) is 116 Å². The van der Waals surface area contributed by atoms with Gasteiger partial charge in [0.05, 0.1) is 5.92 Å². The number of alkyl carbamates (subject to hydrolysis) is 1. The van der Waals surface area contributed by atoms with Crippen molar-refractivity contribution in [3.8, 4) is 0 Å². The lowest BCUT2D eigenvalue weighted by atomic mass is 9.99. The van der Waals surface area contributed by atoms with E-state index in [-0.39, 0.29) is 35.5 Å². The van der Waals surface area contributed by atoms with Gasteiger partial charge in [-0.05, 0) is 70.1 Å². The lowest BCUT2D eigenvalue weighted by molar-refractivity contribution is -0.118. The molecule has 9 nitrogen and oxygen atoms in total. The fourth-order valence-corrected chi connectivity index (χ4v) is 5.35. The summed E-state index contributed by atoms with van der Waals surface area (Å²) in [4.78, 5) is 38.8. The largest absolute Gasteiger partial charge is 0.446 e. The zero-order valence-corrected chi connectivity index (χ0v) is 21.4. The van der Waals surface area contributed by atoms with Crippen molar-refractivity contribution in [3.05, 3.63) is 40.5 Å². The summed E-state index contributed by atoms with van der Waals surface area (Å²) in [5.74, 6) is -0.00364. The Labute approximate surface area is 215 Å². The Morgan fingerprint density at radius 2 is 2.08 bits per heavy atom. The third-order valence-electron chi connectivity index (χ3n) is 7.58. The molecule has 0 radical (unpaired) electrons. The lowest BCUT2D eigenvalue weighted by Crippen LogP contribution is -2.36. The number of rotatable bonds is 7. The molecule has 0 spiro atoms. The number of carbonyl (C=O) groups excluding carboxylic acids is 3. The first kappa shape index (κ1) is 24.6. The molecule has 2 saturated carbocycles. The van der Waals surface area contributed by atoms with E-state index >= 15 is 0 Å². The fraction of sp³-hybridized carbons (Fsp3) is 0.538. The Hall–Kier alpha value is -3.07. The van der Waals surface area contributed by atoms with Gasteiger partial charge in [-0.25, -0.2) is 4.79 Å². The molecule has 1 aromatic carbocycles. The number of anilines is 2. The maximum Gasteiger partial charge on any atom is 0.407 e. The predicted molar refractivity (Wildman–Crippen MR) is 136 cm³/mol. The molecule has 1 unspecified atom stereocenters. The number of benzene rings is 1. The van der Waals surface area contributed by atoms with Crippen LogP contribution in [0.3, 0.4) is 0 Å². The van der Waals surface area contributed by atoms with E-state index in [0.717, 1.165) is 49.9 Å². The normalized spacial score (nSPS) is 23.4. The smallest absolute Gasteiger partial charge is 0.407 e. The van der Waals surface area contributed by atoms with Crippen LogP contribution in [0.15, 0.2) is 24.3 Å². The van der Waals surface area contributed by atoms with Gasteiger partial charge in [0.1, 0.15) is 6.10 Å². The molecule has 10 heteroatoms. The van der Waals surface area contributed by atoms with Crippen LogP contribution in [0, 0.1) is 0 Å². The molecule has 3 amide bonds. The Morgan fingerprint density at radius 3 is 2.78 bits per heavy atom. The first-order valence-corrected chi connectivity index (χ1v) is 13.0. The molecule has 192 valence electrons. The number of halogens is 1. The molecule has 3 fully saturated rings. The van der Waals surface area contributed by atoms with E-state index < -0.39 is 5.92 Å². The summed E-state index contributed by atoms with van der Waals surface area (Å²) in [6.45, 7) is 4.50. The van der Waals surface area contributed by atoms with E-state index in [1.807, 2.05) is 25.1 Å². The highest BCUT2D eigenvalue weighted by Gasteiger charge is 2.40. The molecule has 36 heavy (non-hydrogen) atoms. The van der Waals surface area contributed by atoms with Crippen molar-refractivity contribution in [3.63, 3.8) is 0 Å². The summed E-state index contributed by atoms with van der Waals surface area (Å²) in [5.41, 5.74) is 2.27. The van der Waals surface area contributed by atoms with Crippen LogP contribution < -0.4 is 15.5 Å². The molecular formula is C26H32ClN5O4. The van der Waals surface area contributed by atoms with Crippen LogP contribution in [0.5, 0.6) is 0 Å². The number of aromatic amines is 1. The number of carbonyl (C=O) groups is 3. The van der Waals surface area contributed by atoms with Crippen LogP contribution in [0.25, 0.3) is 0 Å². The molecule has 0 bridgehead atoms. The maximum atomic E-state index is 12.9. The van der Waals surface area contributed by atoms with E-state index in [0.29, 0.717) is 29.4 Å². The third kappa shape index (κ3) is 5.36. The van der Waals surface area contributed by atoms with Crippen molar-refractivity contribution in [1.29, 1.82) is 0 Å². The number of nitrogens with one attached hydrogen (secondary N) is 3. The molecule has 3 N–H and O–H groups in total. The molecule has 1 aromatic heterocycles. The van der Waals surface area contributed by atoms with Crippen LogP contribution in [-0.2, 0) is 14.3 Å². The molecular weight excluding hydrogens is 482 g/mol. The molecule has 3 atom stereocenters. The van der Waals surface area contributed by atoms with Crippen LogP contribution in [-0.4, -0.2) is 46.3 Å². The van der Waals surface area contributed by atoms with Gasteiger partial charge in [-0.3, -0.25) is 14.7 Å². The average molecular weight is 514 g/mol. The van der Waals surface area contributed by atoms with Gasteiger partial charge in [0.2, 0.25) is 11.8 Å². The second kappa shape index (κ2) is 9.76. The van der Waals surface area contributed by atoms with Crippen molar-refractivity contribution >= 4 is 41.0 Å². The number of aromatic nitrogens is 2. The Bertz CT molecular complexity index is 1180. The highest BCUT2D eigenvalue weighted by Crippen LogP contribution is 2.38. The Kier molecular flexibility index (Phi) is 6.68. The number of hydrogen-bond donors (Lipinski definition) is 3. The minimum Gasteiger partial charge on any atom is -0.446 e. The summed E-state index contributed by atoms with van der Waals surface area (Å²) in [6.07, 6.45) is 5.30. The predicted octanol–water partition coefficient (Wildman–Crippen LogP) is 4.85. The lowest BCUT2D eigenvalue weighted by Gasteiger charge is -2.19. The zero-order valence-electron chi connectivity index (χ0n) is 20.6. The molecule has 2 aromatic rings. The Morgan fingerprint density at radius 1 is 1.28 bits per heavy atom. The average Bonchev–Trinajstić information content (AvgIpc) is 3.25. The summed E-state index contributed by atoms with van der Waals surface area (Å²) in [5, 5.41) is 13.5. The first-order valence-electron chi connectivity index (χ1n) is 12.7. The number of ether oxygens (including phenoxy) is 1. The SMILES string of the molecule is CC(C(=O)Nc1cc([C@H]2CC[C@@H](OC(=O)NC3(C)CC3)C2)[nH]n1)c1ccc(N2CCCC2=O)cc1Cl. The van der Waals surface area contributed by atoms with Gasteiger partial charge >= 0.3 is 6.09 Å². The van der Waals surface area contributed by atoms with Crippen molar-refractivity contribution in [2.24, 2.45) is 0 Å². The summed E-state index contributed by atoms with van der Waals surface area (Å²) >= 11 is 6.50. The number of H-pyrrole nitrogens is 1. The summed E-state index contributed by atoms with van der Waals surface area (Å²) in [7, 11) is 0. The number of nitrogens with zero attached hydrogens (tertiary/aromatic N) is 2. The number of amides is 3. The zero-order chi connectivity index (χ0) is 25.4. The third-order valence-corrected chi connectivity index (χ3v) is 7.91. The molecule has 5 rings (SSSR count). The summed E-state index contributed by atoms with van der Waals surface area (Å²) in [6, 6.07) is 7.24. The van der Waals surface area contributed by atoms with E-state index in [2.05, 4.69) is 20.8 Å². The van der Waals surface area contributed by atoms with Gasteiger partial charge in [0.25, 0.3) is 0 Å². The van der Waals surface area contributed by atoms with Gasteiger partial charge in [0.15, 0.2) is 5.82 Å². The van der Waals surface area contributed by atoms with E-state index in [1.54, 1.807) is 17.9 Å². The van der Waals surface area contributed by atoms with Crippen molar-refractivity contribution in [1.82, 2.24) is 15.5 Å². The molecule has 2 aliphatic carbocycles. The van der Waals surface area contributed by atoms with E-state index in [9.17, 15) is 14.4 Å². The van der Waals surface area contributed by atoms with E-state index in [4.69, 9.17) is 16.3 Å². The minimum absolute atomic E-state index is 0.0926. The van der Waals surface area contributed by atoms with Crippen molar-refractivity contribution in [2.45, 2.75) is 82.3 Å². The van der Waals surface area contributed by atoms with Gasteiger partial charge in [-0.1, -0.05) is 17.7 Å². The van der Waals surface area contributed by atoms with Crippen LogP contribution >= 0.6 is 11.6 Å². The number of hydrogen-bond acceptors (Lipinski definition) is 5. The van der Waals surface area contributed by atoms with Crippen molar-refractivity contribution < 1.29 is 19.1 Å². The van der Waals surface area contributed by atoms with Gasteiger partial charge < -0.3 is 20.3 Å². The van der Waals surface area contributed by atoms with Crippen LogP contribution in [0.2, 0.25) is 5.02 Å². The summed E-state index contributed by atoms with van der Waals surface area (Å²) < 4.78 is 5.60. The molecule has 1 aliphatic heterocycles. The fourth-order valence-electron chi connectivity index (χ4n) is 5.01. The molecule has 2 heterocycles. The second-order valence-corrected chi connectivity index (χ2v) is 10.9. The maximum absolute atomic E-state index is 12.9. The monoisotopic (exact) mass is 513 g/mol. The van der Waals surface area contributed by atoms with E-state index in [1.165, 1.54) is 0 Å². The quantitative estimate of drug-likeness (QED) is 0.489. The molecule has 1 saturated heterocycles. The minimum atomic E-state index is -0.503. The van der Waals surface area contributed by atoms with Crippen LogP contribution in [0.4, 0.5) is 16.3 Å². The van der Waals surface area contributed by atoms with Crippen molar-refractivity contribution in [2.75, 3.05) is 16.8 Å². The van der Waals surface area contributed by atoms with Gasteiger partial charge in [0, 0.05) is 46.9 Å². The Balaban J connectivity index is 1.15. The van der Waals surface area contributed by atoms with Gasteiger partial charge in [-0.15, -0.1) is 0 Å².